The lowest BCUT2D eigenvalue weighted by atomic mass is 10.1. The van der Waals surface area contributed by atoms with Gasteiger partial charge in [0.05, 0.1) is 0 Å². The summed E-state index contributed by atoms with van der Waals surface area (Å²) in [5, 5.41) is -0.690. The van der Waals surface area contributed by atoms with E-state index < -0.39 is 5.06 Å². The normalized spacial score (nSPS) is 29.3. The Morgan fingerprint density at radius 2 is 2.18 bits per heavy atom. The second-order valence-corrected chi connectivity index (χ2v) is 3.05. The van der Waals surface area contributed by atoms with Crippen LogP contribution in [-0.4, -0.2) is 11.7 Å². The van der Waals surface area contributed by atoms with E-state index >= 15 is 0 Å². The van der Waals surface area contributed by atoms with Crippen LogP contribution in [0, 0.1) is 6.42 Å². The number of alkyl halides is 1. The first-order valence-corrected chi connectivity index (χ1v) is 4.18. The van der Waals surface area contributed by atoms with E-state index in [0.717, 1.165) is 6.42 Å². The van der Waals surface area contributed by atoms with Gasteiger partial charge in [0.15, 0.2) is 5.06 Å². The molecule has 11 heavy (non-hydrogen) atoms. The van der Waals surface area contributed by atoms with E-state index in [9.17, 15) is 0 Å². The minimum atomic E-state index is -0.690. The zero-order chi connectivity index (χ0) is 8.16. The van der Waals surface area contributed by atoms with Crippen LogP contribution in [0.4, 0.5) is 0 Å². The fraction of sp³-hybridized carbons (Fsp3) is 0.444. The van der Waals surface area contributed by atoms with Crippen LogP contribution in [0.1, 0.15) is 13.3 Å². The Morgan fingerprint density at radius 3 is 2.73 bits per heavy atom. The molecule has 1 radical (unpaired) electrons. The first-order valence-electron chi connectivity index (χ1n) is 3.80. The molecule has 2 heteroatoms. The summed E-state index contributed by atoms with van der Waals surface area (Å²) in [7, 11) is 0. The number of rotatable bonds is 3. The molecular weight excluding hydrogens is 160 g/mol. The van der Waals surface area contributed by atoms with Crippen molar-refractivity contribution < 1.29 is 4.74 Å². The molecule has 1 atom stereocenters. The first-order chi connectivity index (χ1) is 5.27. The SMILES string of the molecule is CCCOC1(Cl)[CH]C=CC=C1. The molecule has 1 unspecified atom stereocenters. The second kappa shape index (κ2) is 3.93. The Kier molecular flexibility index (Phi) is 3.16. The zero-order valence-electron chi connectivity index (χ0n) is 6.59. The van der Waals surface area contributed by atoms with E-state index in [4.69, 9.17) is 16.3 Å². The molecule has 0 fully saturated rings. The molecule has 0 saturated heterocycles. The average molecular weight is 172 g/mol. The lowest BCUT2D eigenvalue weighted by Crippen LogP contribution is -2.24. The summed E-state index contributed by atoms with van der Waals surface area (Å²) in [6, 6.07) is 0. The van der Waals surface area contributed by atoms with Crippen molar-refractivity contribution in [2.24, 2.45) is 0 Å². The minimum Gasteiger partial charge on any atom is -0.355 e. The summed E-state index contributed by atoms with van der Waals surface area (Å²) >= 11 is 6.04. The van der Waals surface area contributed by atoms with Crippen molar-refractivity contribution in [2.45, 2.75) is 18.4 Å². The number of allylic oxidation sites excluding steroid dienone is 2. The highest BCUT2D eigenvalue weighted by atomic mass is 35.5. The van der Waals surface area contributed by atoms with Crippen LogP contribution in [0.2, 0.25) is 0 Å². The molecular formula is C9H12ClO. The van der Waals surface area contributed by atoms with E-state index in [1.165, 1.54) is 0 Å². The highest BCUT2D eigenvalue weighted by Gasteiger charge is 2.23. The standard InChI is InChI=1S/C9H12ClO/c1-2-8-11-9(10)6-4-3-5-7-9/h3-7H,2,8H2,1H3. The molecule has 1 aliphatic rings. The number of hydrogen-bond donors (Lipinski definition) is 0. The molecule has 0 aromatic rings. The Labute approximate surface area is 72.7 Å². The van der Waals surface area contributed by atoms with E-state index in [1.807, 2.05) is 30.7 Å². The van der Waals surface area contributed by atoms with Crippen LogP contribution >= 0.6 is 11.6 Å². The summed E-state index contributed by atoms with van der Waals surface area (Å²) in [4.78, 5) is 0. The van der Waals surface area contributed by atoms with E-state index in [0.29, 0.717) is 6.61 Å². The van der Waals surface area contributed by atoms with E-state index in [1.54, 1.807) is 0 Å². The lowest BCUT2D eigenvalue weighted by Gasteiger charge is -2.23. The van der Waals surface area contributed by atoms with Gasteiger partial charge in [-0.25, -0.2) is 0 Å². The van der Waals surface area contributed by atoms with Crippen LogP contribution in [0.25, 0.3) is 0 Å². The van der Waals surface area contributed by atoms with Gasteiger partial charge in [-0.3, -0.25) is 0 Å². The number of hydrogen-bond acceptors (Lipinski definition) is 1. The van der Waals surface area contributed by atoms with Gasteiger partial charge in [-0.05, 0) is 12.5 Å². The van der Waals surface area contributed by atoms with Crippen molar-refractivity contribution >= 4 is 11.6 Å². The van der Waals surface area contributed by atoms with Gasteiger partial charge in [0.2, 0.25) is 0 Å². The smallest absolute Gasteiger partial charge is 0.167 e. The van der Waals surface area contributed by atoms with Gasteiger partial charge in [0, 0.05) is 13.0 Å². The maximum Gasteiger partial charge on any atom is 0.167 e. The van der Waals surface area contributed by atoms with Gasteiger partial charge >= 0.3 is 0 Å². The van der Waals surface area contributed by atoms with Gasteiger partial charge in [-0.2, -0.15) is 0 Å². The molecule has 0 aromatic heterocycles. The summed E-state index contributed by atoms with van der Waals surface area (Å²) in [5.74, 6) is 0. The van der Waals surface area contributed by atoms with Gasteiger partial charge in [0.1, 0.15) is 0 Å². The quantitative estimate of drug-likeness (QED) is 0.594. The third-order valence-electron chi connectivity index (χ3n) is 1.40. The van der Waals surface area contributed by atoms with Gasteiger partial charge < -0.3 is 4.74 Å². The molecule has 1 nitrogen and oxygen atoms in total. The van der Waals surface area contributed by atoms with Gasteiger partial charge in [-0.15, -0.1) is 0 Å². The molecule has 0 spiro atoms. The summed E-state index contributed by atoms with van der Waals surface area (Å²) in [6.07, 6.45) is 10.4. The average Bonchev–Trinajstić information content (AvgIpc) is 2.03. The van der Waals surface area contributed by atoms with Crippen LogP contribution in [0.3, 0.4) is 0 Å². The maximum absolute atomic E-state index is 6.04. The molecule has 0 aromatic carbocycles. The molecule has 0 heterocycles. The monoisotopic (exact) mass is 171 g/mol. The Bertz CT molecular complexity index is 174. The highest BCUT2D eigenvalue weighted by Crippen LogP contribution is 2.25. The molecule has 0 bridgehead atoms. The van der Waals surface area contributed by atoms with Gasteiger partial charge in [-0.1, -0.05) is 36.8 Å². The van der Waals surface area contributed by atoms with Crippen molar-refractivity contribution in [3.05, 3.63) is 30.7 Å². The van der Waals surface area contributed by atoms with Crippen LogP contribution in [-0.2, 0) is 4.74 Å². The molecule has 61 valence electrons. The van der Waals surface area contributed by atoms with Crippen LogP contribution < -0.4 is 0 Å². The molecule has 0 N–H and O–H groups in total. The highest BCUT2D eigenvalue weighted by molar-refractivity contribution is 6.25. The van der Waals surface area contributed by atoms with Crippen LogP contribution in [0.5, 0.6) is 0 Å². The summed E-state index contributed by atoms with van der Waals surface area (Å²) < 4.78 is 5.39. The number of halogens is 1. The molecule has 0 saturated carbocycles. The maximum atomic E-state index is 6.04. The van der Waals surface area contributed by atoms with Gasteiger partial charge in [0.25, 0.3) is 0 Å². The zero-order valence-corrected chi connectivity index (χ0v) is 7.34. The fourth-order valence-corrected chi connectivity index (χ4v) is 1.07. The predicted molar refractivity (Wildman–Crippen MR) is 47.4 cm³/mol. The summed E-state index contributed by atoms with van der Waals surface area (Å²) in [5.41, 5.74) is 0. The third kappa shape index (κ3) is 2.68. The van der Waals surface area contributed by atoms with Crippen molar-refractivity contribution in [1.29, 1.82) is 0 Å². The Hall–Kier alpha value is -0.270. The topological polar surface area (TPSA) is 9.23 Å². The van der Waals surface area contributed by atoms with Crippen molar-refractivity contribution in [3.63, 3.8) is 0 Å². The Balaban J connectivity index is 2.40. The van der Waals surface area contributed by atoms with Crippen molar-refractivity contribution in [1.82, 2.24) is 0 Å². The van der Waals surface area contributed by atoms with E-state index in [2.05, 4.69) is 6.92 Å². The lowest BCUT2D eigenvalue weighted by molar-refractivity contribution is 0.0782. The van der Waals surface area contributed by atoms with Crippen molar-refractivity contribution in [3.8, 4) is 0 Å². The molecule has 0 aliphatic heterocycles. The molecule has 1 rings (SSSR count). The largest absolute Gasteiger partial charge is 0.355 e. The van der Waals surface area contributed by atoms with E-state index in [-0.39, 0.29) is 0 Å². The Morgan fingerprint density at radius 1 is 1.36 bits per heavy atom. The minimum absolute atomic E-state index is 0.690. The third-order valence-corrected chi connectivity index (χ3v) is 1.76. The fourth-order valence-electron chi connectivity index (χ4n) is 0.848. The predicted octanol–water partition coefficient (Wildman–Crippen LogP) is 2.68. The summed E-state index contributed by atoms with van der Waals surface area (Å²) in [6.45, 7) is 2.75. The first kappa shape index (κ1) is 8.82. The van der Waals surface area contributed by atoms with Crippen LogP contribution in [0.15, 0.2) is 24.3 Å². The number of ether oxygens (including phenoxy) is 1. The molecule has 1 aliphatic carbocycles. The molecule has 0 amide bonds. The van der Waals surface area contributed by atoms with Crippen molar-refractivity contribution in [2.75, 3.05) is 6.61 Å². The second-order valence-electron chi connectivity index (χ2n) is 2.46.